The third kappa shape index (κ3) is 3.29. The van der Waals surface area contributed by atoms with Crippen LogP contribution in [-0.2, 0) is 0 Å². The van der Waals surface area contributed by atoms with Gasteiger partial charge in [-0.2, -0.15) is 5.10 Å². The molecule has 0 aliphatic rings. The number of nitro benzene ring substituents is 1. The molecule has 0 aliphatic carbocycles. The van der Waals surface area contributed by atoms with Gasteiger partial charge in [0.15, 0.2) is 0 Å². The Morgan fingerprint density at radius 3 is 2.53 bits per heavy atom. The van der Waals surface area contributed by atoms with Gasteiger partial charge in [0.05, 0.1) is 11.1 Å². The zero-order chi connectivity index (χ0) is 13.7. The van der Waals surface area contributed by atoms with Crippen LogP contribution < -0.4 is 10.6 Å². The van der Waals surface area contributed by atoms with E-state index in [0.29, 0.717) is 11.5 Å². The molecule has 0 saturated heterocycles. The van der Waals surface area contributed by atoms with Crippen molar-refractivity contribution < 1.29 is 9.66 Å². The molecule has 0 spiro atoms. The van der Waals surface area contributed by atoms with E-state index in [1.54, 1.807) is 30.3 Å². The number of nitrogens with two attached hydrogens (primary N) is 1. The smallest absolute Gasteiger partial charge is 0.269 e. The SMILES string of the molecule is NN=Cc1cccc(Oc2ccc([N+](=O)[O-])cc2)c1. The van der Waals surface area contributed by atoms with Crippen molar-refractivity contribution in [1.29, 1.82) is 0 Å². The molecule has 2 aromatic rings. The lowest BCUT2D eigenvalue weighted by atomic mass is 10.2. The summed E-state index contributed by atoms with van der Waals surface area (Å²) in [5.74, 6) is 6.20. The molecule has 2 aromatic carbocycles. The van der Waals surface area contributed by atoms with Gasteiger partial charge < -0.3 is 10.6 Å². The first kappa shape index (κ1) is 12.6. The molecule has 0 aliphatic heterocycles. The maximum Gasteiger partial charge on any atom is 0.269 e. The van der Waals surface area contributed by atoms with Crippen LogP contribution in [0.5, 0.6) is 11.5 Å². The monoisotopic (exact) mass is 257 g/mol. The standard InChI is InChI=1S/C13H11N3O3/c14-15-9-10-2-1-3-13(8-10)19-12-6-4-11(5-7-12)16(17)18/h1-9H,14H2. The summed E-state index contributed by atoms with van der Waals surface area (Å²) in [6.45, 7) is 0. The van der Waals surface area contributed by atoms with Crippen LogP contribution >= 0.6 is 0 Å². The first-order valence-electron chi connectivity index (χ1n) is 5.44. The van der Waals surface area contributed by atoms with Gasteiger partial charge in [-0.3, -0.25) is 10.1 Å². The minimum atomic E-state index is -0.456. The quantitative estimate of drug-likeness (QED) is 0.394. The largest absolute Gasteiger partial charge is 0.457 e. The van der Waals surface area contributed by atoms with Crippen molar-refractivity contribution in [3.8, 4) is 11.5 Å². The molecule has 0 aromatic heterocycles. The van der Waals surface area contributed by atoms with Crippen LogP contribution in [-0.4, -0.2) is 11.1 Å². The first-order chi connectivity index (χ1) is 9.19. The topological polar surface area (TPSA) is 90.8 Å². The molecular formula is C13H11N3O3. The summed E-state index contributed by atoms with van der Waals surface area (Å²) in [6.07, 6.45) is 1.50. The molecule has 2 rings (SSSR count). The van der Waals surface area contributed by atoms with Gasteiger partial charge in [0, 0.05) is 12.1 Å². The lowest BCUT2D eigenvalue weighted by Crippen LogP contribution is -1.90. The molecule has 19 heavy (non-hydrogen) atoms. The molecule has 0 saturated carbocycles. The van der Waals surface area contributed by atoms with Gasteiger partial charge in [0.25, 0.3) is 5.69 Å². The van der Waals surface area contributed by atoms with Gasteiger partial charge in [-0.05, 0) is 29.8 Å². The summed E-state index contributed by atoms with van der Waals surface area (Å²) in [6, 6.07) is 13.0. The van der Waals surface area contributed by atoms with Crippen LogP contribution in [0.3, 0.4) is 0 Å². The van der Waals surface area contributed by atoms with Crippen molar-refractivity contribution in [2.24, 2.45) is 10.9 Å². The Bertz CT molecular complexity index is 609. The second kappa shape index (κ2) is 5.63. The van der Waals surface area contributed by atoms with E-state index >= 15 is 0 Å². The summed E-state index contributed by atoms with van der Waals surface area (Å²) in [7, 11) is 0. The zero-order valence-corrected chi connectivity index (χ0v) is 9.89. The van der Waals surface area contributed by atoms with Crippen LogP contribution in [0.4, 0.5) is 5.69 Å². The van der Waals surface area contributed by atoms with Crippen LogP contribution in [0.15, 0.2) is 53.6 Å². The molecule has 2 N–H and O–H groups in total. The van der Waals surface area contributed by atoms with Gasteiger partial charge in [0.1, 0.15) is 11.5 Å². The second-order valence-electron chi connectivity index (χ2n) is 3.70. The van der Waals surface area contributed by atoms with Crippen molar-refractivity contribution >= 4 is 11.9 Å². The Labute approximate surface area is 109 Å². The molecule has 96 valence electrons. The second-order valence-corrected chi connectivity index (χ2v) is 3.70. The molecule has 0 fully saturated rings. The summed E-state index contributed by atoms with van der Waals surface area (Å²) < 4.78 is 5.57. The minimum Gasteiger partial charge on any atom is -0.457 e. The Morgan fingerprint density at radius 1 is 1.16 bits per heavy atom. The van der Waals surface area contributed by atoms with Gasteiger partial charge in [-0.1, -0.05) is 12.1 Å². The van der Waals surface area contributed by atoms with E-state index in [0.717, 1.165) is 5.56 Å². The third-order valence-corrected chi connectivity index (χ3v) is 2.36. The van der Waals surface area contributed by atoms with Gasteiger partial charge in [0.2, 0.25) is 0 Å². The predicted molar refractivity (Wildman–Crippen MR) is 71.4 cm³/mol. The molecule has 0 amide bonds. The van der Waals surface area contributed by atoms with Crippen molar-refractivity contribution in [1.82, 2.24) is 0 Å². The Kier molecular flexibility index (Phi) is 3.72. The number of nitro groups is 1. The van der Waals surface area contributed by atoms with E-state index < -0.39 is 4.92 Å². The molecule has 0 unspecified atom stereocenters. The van der Waals surface area contributed by atoms with Crippen molar-refractivity contribution in [3.05, 3.63) is 64.2 Å². The van der Waals surface area contributed by atoms with E-state index in [1.807, 2.05) is 6.07 Å². The van der Waals surface area contributed by atoms with E-state index in [1.165, 1.54) is 18.3 Å². The normalized spacial score (nSPS) is 10.5. The van der Waals surface area contributed by atoms with E-state index in [2.05, 4.69) is 5.10 Å². The number of hydrogen-bond donors (Lipinski definition) is 1. The average Bonchev–Trinajstić information content (AvgIpc) is 2.40. The van der Waals surface area contributed by atoms with Gasteiger partial charge >= 0.3 is 0 Å². The number of hydrogen-bond acceptors (Lipinski definition) is 5. The Hall–Kier alpha value is -2.89. The van der Waals surface area contributed by atoms with Crippen LogP contribution in [0.1, 0.15) is 5.56 Å². The number of ether oxygens (including phenoxy) is 1. The highest BCUT2D eigenvalue weighted by Gasteiger charge is 2.05. The van der Waals surface area contributed by atoms with Crippen LogP contribution in [0, 0.1) is 10.1 Å². The zero-order valence-electron chi connectivity index (χ0n) is 9.89. The molecule has 6 nitrogen and oxygen atoms in total. The van der Waals surface area contributed by atoms with E-state index in [9.17, 15) is 10.1 Å². The van der Waals surface area contributed by atoms with E-state index in [4.69, 9.17) is 10.6 Å². The maximum absolute atomic E-state index is 10.5. The van der Waals surface area contributed by atoms with Gasteiger partial charge in [-0.25, -0.2) is 0 Å². The van der Waals surface area contributed by atoms with Crippen molar-refractivity contribution in [2.45, 2.75) is 0 Å². The predicted octanol–water partition coefficient (Wildman–Crippen LogP) is 2.68. The molecule has 0 atom stereocenters. The highest BCUT2D eigenvalue weighted by atomic mass is 16.6. The van der Waals surface area contributed by atoms with E-state index in [-0.39, 0.29) is 5.69 Å². The highest BCUT2D eigenvalue weighted by Crippen LogP contribution is 2.24. The molecule has 0 radical (unpaired) electrons. The summed E-state index contributed by atoms with van der Waals surface area (Å²) in [4.78, 5) is 10.1. The fraction of sp³-hybridized carbons (Fsp3) is 0. The molecule has 0 heterocycles. The fourth-order valence-corrected chi connectivity index (χ4v) is 1.52. The van der Waals surface area contributed by atoms with Gasteiger partial charge in [-0.15, -0.1) is 0 Å². The number of hydrazone groups is 1. The van der Waals surface area contributed by atoms with Crippen molar-refractivity contribution in [3.63, 3.8) is 0 Å². The number of rotatable bonds is 4. The lowest BCUT2D eigenvalue weighted by molar-refractivity contribution is -0.384. The average molecular weight is 257 g/mol. The lowest BCUT2D eigenvalue weighted by Gasteiger charge is -2.05. The highest BCUT2D eigenvalue weighted by molar-refractivity contribution is 5.79. The number of nitrogens with zero attached hydrogens (tertiary/aromatic N) is 2. The number of benzene rings is 2. The third-order valence-electron chi connectivity index (χ3n) is 2.36. The number of non-ortho nitro benzene ring substituents is 1. The Balaban J connectivity index is 2.16. The van der Waals surface area contributed by atoms with Crippen LogP contribution in [0.25, 0.3) is 0 Å². The maximum atomic E-state index is 10.5. The molecule has 0 bridgehead atoms. The Morgan fingerprint density at radius 2 is 1.89 bits per heavy atom. The first-order valence-corrected chi connectivity index (χ1v) is 5.44. The van der Waals surface area contributed by atoms with Crippen molar-refractivity contribution in [2.75, 3.05) is 0 Å². The molecular weight excluding hydrogens is 246 g/mol. The summed E-state index contributed by atoms with van der Waals surface area (Å²) in [5.41, 5.74) is 0.832. The fourth-order valence-electron chi connectivity index (χ4n) is 1.52. The van der Waals surface area contributed by atoms with Crippen LogP contribution in [0.2, 0.25) is 0 Å². The summed E-state index contributed by atoms with van der Waals surface area (Å²) >= 11 is 0. The minimum absolute atomic E-state index is 0.0244. The summed E-state index contributed by atoms with van der Waals surface area (Å²) in [5, 5.41) is 14.0. The molecule has 6 heteroatoms.